The summed E-state index contributed by atoms with van der Waals surface area (Å²) in [7, 11) is 0. The fraction of sp³-hybridized carbons (Fsp3) is 0.533. The smallest absolute Gasteiger partial charge is 0.321 e. The molecule has 1 aliphatic carbocycles. The number of nitrogens with zero attached hydrogens (tertiary/aromatic N) is 1. The van der Waals surface area contributed by atoms with Gasteiger partial charge in [0.15, 0.2) is 0 Å². The maximum atomic E-state index is 13.6. The molecular weight excluding hydrogens is 406 g/mol. The Kier molecular flexibility index (Phi) is 9.55. The van der Waals surface area contributed by atoms with Gasteiger partial charge in [0.05, 0.1) is 11.0 Å². The Balaban J connectivity index is 1.78. The van der Waals surface area contributed by atoms with Gasteiger partial charge in [-0.25, -0.2) is 0 Å². The minimum Gasteiger partial charge on any atom is -0.424 e. The fourth-order valence-corrected chi connectivity index (χ4v) is 5.00. The van der Waals surface area contributed by atoms with Crippen LogP contribution in [-0.2, 0) is 23.1 Å². The van der Waals surface area contributed by atoms with Crippen LogP contribution in [0.4, 0.5) is 0 Å². The monoisotopic (exact) mass is 445 g/mol. The van der Waals surface area contributed by atoms with E-state index in [1.54, 1.807) is 6.07 Å². The SMILES string of the molecule is CCCCCCc1ccc(C2(C(=O)Oc3ccc(CCCC)cc3C#N)CCCCC2)cc1. The van der Waals surface area contributed by atoms with E-state index in [1.165, 1.54) is 31.2 Å². The topological polar surface area (TPSA) is 50.1 Å². The second-order valence-corrected chi connectivity index (χ2v) is 9.59. The highest BCUT2D eigenvalue weighted by atomic mass is 16.5. The second-order valence-electron chi connectivity index (χ2n) is 9.59. The van der Waals surface area contributed by atoms with Gasteiger partial charge in [-0.2, -0.15) is 5.26 Å². The van der Waals surface area contributed by atoms with Gasteiger partial charge >= 0.3 is 5.97 Å². The molecule has 0 unspecified atom stereocenters. The number of aryl methyl sites for hydroxylation is 2. The summed E-state index contributed by atoms with van der Waals surface area (Å²) in [5, 5.41) is 9.67. The average Bonchev–Trinajstić information content (AvgIpc) is 2.86. The van der Waals surface area contributed by atoms with E-state index >= 15 is 0 Å². The lowest BCUT2D eigenvalue weighted by molar-refractivity contribution is -0.142. The summed E-state index contributed by atoms with van der Waals surface area (Å²) in [5.74, 6) is 0.177. The number of carbonyl (C=O) groups is 1. The molecule has 33 heavy (non-hydrogen) atoms. The van der Waals surface area contributed by atoms with Crippen LogP contribution in [0.15, 0.2) is 42.5 Å². The van der Waals surface area contributed by atoms with Crippen LogP contribution in [0.3, 0.4) is 0 Å². The predicted octanol–water partition coefficient (Wildman–Crippen LogP) is 7.83. The zero-order valence-electron chi connectivity index (χ0n) is 20.5. The molecule has 2 aromatic carbocycles. The first kappa shape index (κ1) is 25.0. The molecule has 1 fully saturated rings. The first-order valence-corrected chi connectivity index (χ1v) is 13.0. The number of carbonyl (C=O) groups excluding carboxylic acids is 1. The quantitative estimate of drug-likeness (QED) is 0.201. The van der Waals surface area contributed by atoms with E-state index in [4.69, 9.17) is 4.74 Å². The minimum absolute atomic E-state index is 0.212. The summed E-state index contributed by atoms with van der Waals surface area (Å²) in [6.07, 6.45) is 14.1. The molecule has 0 saturated heterocycles. The third-order valence-electron chi connectivity index (χ3n) is 7.11. The van der Waals surface area contributed by atoms with Crippen molar-refractivity contribution in [1.82, 2.24) is 0 Å². The summed E-state index contributed by atoms with van der Waals surface area (Å²) >= 11 is 0. The van der Waals surface area contributed by atoms with Crippen LogP contribution in [0.5, 0.6) is 5.75 Å². The molecule has 0 N–H and O–H groups in total. The Morgan fingerprint density at radius 2 is 1.55 bits per heavy atom. The highest BCUT2D eigenvalue weighted by molar-refractivity contribution is 5.85. The molecule has 0 aliphatic heterocycles. The number of nitriles is 1. The maximum absolute atomic E-state index is 13.6. The Hall–Kier alpha value is -2.60. The lowest BCUT2D eigenvalue weighted by Gasteiger charge is -2.35. The Morgan fingerprint density at radius 1 is 0.879 bits per heavy atom. The van der Waals surface area contributed by atoms with Crippen LogP contribution in [0, 0.1) is 11.3 Å². The van der Waals surface area contributed by atoms with Crippen molar-refractivity contribution in [2.24, 2.45) is 0 Å². The highest BCUT2D eigenvalue weighted by Gasteiger charge is 2.43. The first-order chi connectivity index (χ1) is 16.1. The first-order valence-electron chi connectivity index (χ1n) is 13.0. The molecule has 0 aromatic heterocycles. The van der Waals surface area contributed by atoms with Crippen LogP contribution < -0.4 is 4.74 Å². The van der Waals surface area contributed by atoms with Crippen molar-refractivity contribution in [3.63, 3.8) is 0 Å². The summed E-state index contributed by atoms with van der Waals surface area (Å²) in [5.41, 5.74) is 3.35. The molecule has 1 saturated carbocycles. The third-order valence-corrected chi connectivity index (χ3v) is 7.11. The number of hydrogen-bond acceptors (Lipinski definition) is 3. The Bertz CT molecular complexity index is 933. The van der Waals surface area contributed by atoms with Gasteiger partial charge in [0.25, 0.3) is 0 Å². The van der Waals surface area contributed by atoms with Crippen LogP contribution in [0.2, 0.25) is 0 Å². The van der Waals surface area contributed by atoms with Gasteiger partial charge < -0.3 is 4.74 Å². The zero-order chi connectivity index (χ0) is 23.5. The second kappa shape index (κ2) is 12.6. The van der Waals surface area contributed by atoms with Gasteiger partial charge in [-0.05, 0) is 67.3 Å². The molecule has 1 aliphatic rings. The van der Waals surface area contributed by atoms with E-state index < -0.39 is 5.41 Å². The minimum atomic E-state index is -0.618. The summed E-state index contributed by atoms with van der Waals surface area (Å²) in [6.45, 7) is 4.39. The van der Waals surface area contributed by atoms with E-state index in [0.29, 0.717) is 11.3 Å². The Morgan fingerprint density at radius 3 is 2.21 bits per heavy atom. The number of ether oxygens (including phenoxy) is 1. The van der Waals surface area contributed by atoms with Crippen molar-refractivity contribution in [3.05, 3.63) is 64.7 Å². The molecular formula is C30H39NO2. The van der Waals surface area contributed by atoms with Crippen LogP contribution >= 0.6 is 0 Å². The van der Waals surface area contributed by atoms with Gasteiger partial charge in [0.2, 0.25) is 0 Å². The van der Waals surface area contributed by atoms with Crippen molar-refractivity contribution in [2.45, 2.75) is 103 Å². The zero-order valence-corrected chi connectivity index (χ0v) is 20.5. The summed E-state index contributed by atoms with van der Waals surface area (Å²) in [6, 6.07) is 16.6. The third kappa shape index (κ3) is 6.47. The van der Waals surface area contributed by atoms with E-state index in [9.17, 15) is 10.1 Å². The van der Waals surface area contributed by atoms with Gasteiger partial charge in [-0.15, -0.1) is 0 Å². The summed E-state index contributed by atoms with van der Waals surface area (Å²) < 4.78 is 5.95. The molecule has 176 valence electrons. The van der Waals surface area contributed by atoms with E-state index in [1.807, 2.05) is 12.1 Å². The molecule has 0 atom stereocenters. The number of unbranched alkanes of at least 4 members (excludes halogenated alkanes) is 4. The van der Waals surface area contributed by atoms with E-state index in [2.05, 4.69) is 44.2 Å². The van der Waals surface area contributed by atoms with Crippen LogP contribution in [-0.4, -0.2) is 5.97 Å². The van der Waals surface area contributed by atoms with E-state index in [0.717, 1.165) is 68.9 Å². The number of rotatable bonds is 11. The van der Waals surface area contributed by atoms with Gasteiger partial charge in [0.1, 0.15) is 11.8 Å². The number of esters is 1. The Labute approximate surface area is 200 Å². The van der Waals surface area contributed by atoms with E-state index in [-0.39, 0.29) is 5.97 Å². The number of benzene rings is 2. The molecule has 0 heterocycles. The lowest BCUT2D eigenvalue weighted by Crippen LogP contribution is -2.41. The molecule has 0 bridgehead atoms. The van der Waals surface area contributed by atoms with Gasteiger partial charge in [-0.3, -0.25) is 4.79 Å². The van der Waals surface area contributed by atoms with Crippen LogP contribution in [0.1, 0.15) is 107 Å². The predicted molar refractivity (Wildman–Crippen MR) is 134 cm³/mol. The molecule has 2 aromatic rings. The van der Waals surface area contributed by atoms with Crippen molar-refractivity contribution < 1.29 is 9.53 Å². The maximum Gasteiger partial charge on any atom is 0.321 e. The molecule has 0 amide bonds. The molecule has 3 rings (SSSR count). The van der Waals surface area contributed by atoms with Crippen molar-refractivity contribution in [2.75, 3.05) is 0 Å². The molecule has 0 radical (unpaired) electrons. The summed E-state index contributed by atoms with van der Waals surface area (Å²) in [4.78, 5) is 13.6. The molecule has 3 nitrogen and oxygen atoms in total. The van der Waals surface area contributed by atoms with Gasteiger partial charge in [-0.1, -0.05) is 89.1 Å². The standard InChI is InChI=1S/C30H39NO2/c1-3-5-7-9-13-24-14-17-27(18-15-24)30(20-10-8-11-21-30)29(32)33-28-19-16-25(12-6-4-2)22-26(28)23-31/h14-19,22H,3-13,20-21H2,1-2H3. The normalized spacial score (nSPS) is 15.1. The molecule has 0 spiro atoms. The average molecular weight is 446 g/mol. The van der Waals surface area contributed by atoms with Crippen molar-refractivity contribution in [1.29, 1.82) is 5.26 Å². The molecule has 3 heteroatoms. The fourth-order valence-electron chi connectivity index (χ4n) is 5.00. The lowest BCUT2D eigenvalue weighted by atomic mass is 9.69. The highest BCUT2D eigenvalue weighted by Crippen LogP contribution is 2.41. The van der Waals surface area contributed by atoms with Crippen molar-refractivity contribution in [3.8, 4) is 11.8 Å². The number of hydrogen-bond donors (Lipinski definition) is 0. The largest absolute Gasteiger partial charge is 0.424 e. The van der Waals surface area contributed by atoms with Gasteiger partial charge in [0, 0.05) is 0 Å². The van der Waals surface area contributed by atoms with Crippen LogP contribution in [0.25, 0.3) is 0 Å². The van der Waals surface area contributed by atoms with Crippen molar-refractivity contribution >= 4 is 5.97 Å².